The van der Waals surface area contributed by atoms with Crippen LogP contribution < -0.4 is 10.2 Å². The number of nitrogens with zero attached hydrogens (tertiary/aromatic N) is 1. The maximum atomic E-state index is 3.62. The van der Waals surface area contributed by atoms with Gasteiger partial charge in [0.25, 0.3) is 0 Å². The molecule has 0 saturated carbocycles. The van der Waals surface area contributed by atoms with E-state index >= 15 is 0 Å². The molecule has 2 aromatic rings. The highest BCUT2D eigenvalue weighted by molar-refractivity contribution is 9.10. The molecule has 0 bridgehead atoms. The van der Waals surface area contributed by atoms with Crippen LogP contribution in [0.4, 0.5) is 5.69 Å². The van der Waals surface area contributed by atoms with Crippen LogP contribution >= 0.6 is 15.9 Å². The lowest BCUT2D eigenvalue weighted by Crippen LogP contribution is -2.18. The Morgan fingerprint density at radius 1 is 1.24 bits per heavy atom. The summed E-state index contributed by atoms with van der Waals surface area (Å²) in [6.45, 7) is 4.25. The van der Waals surface area contributed by atoms with Gasteiger partial charge in [-0.25, -0.2) is 0 Å². The van der Waals surface area contributed by atoms with Crippen molar-refractivity contribution >= 4 is 21.6 Å². The average Bonchev–Trinajstić information content (AvgIpc) is 2.86. The van der Waals surface area contributed by atoms with E-state index in [0.29, 0.717) is 6.04 Å². The molecule has 1 aliphatic rings. The first-order valence-electron chi connectivity index (χ1n) is 7.46. The zero-order valence-corrected chi connectivity index (χ0v) is 14.2. The highest BCUT2D eigenvalue weighted by Crippen LogP contribution is 2.28. The van der Waals surface area contributed by atoms with Crippen molar-refractivity contribution in [1.29, 1.82) is 0 Å². The van der Waals surface area contributed by atoms with Crippen molar-refractivity contribution in [2.45, 2.75) is 25.9 Å². The molecular weight excluding hydrogens is 324 g/mol. The Hall–Kier alpha value is -1.32. The third-order valence-corrected chi connectivity index (χ3v) is 4.98. The molecule has 1 atom stereocenters. The number of hydrogen-bond acceptors (Lipinski definition) is 2. The van der Waals surface area contributed by atoms with Crippen LogP contribution in [0.25, 0.3) is 0 Å². The Balaban J connectivity index is 1.67. The number of halogens is 1. The van der Waals surface area contributed by atoms with Crippen molar-refractivity contribution in [2.24, 2.45) is 0 Å². The molecule has 0 radical (unpaired) electrons. The van der Waals surface area contributed by atoms with Crippen molar-refractivity contribution in [1.82, 2.24) is 5.32 Å². The molecule has 0 amide bonds. The van der Waals surface area contributed by atoms with Crippen molar-refractivity contribution in [3.63, 3.8) is 0 Å². The molecule has 2 aromatic carbocycles. The minimum Gasteiger partial charge on any atom is -0.374 e. The standard InChI is InChI=1S/C18H21BrN2/c1-13(16-5-3-4-6-17(16)19)20-12-14-7-8-18-15(11-14)9-10-21(18)2/h3-8,11,13,20H,9-10,12H2,1-2H3/t13-/m0/s1. The Bertz CT molecular complexity index is 639. The van der Waals surface area contributed by atoms with Crippen LogP contribution in [0.5, 0.6) is 0 Å². The van der Waals surface area contributed by atoms with Gasteiger partial charge in [0.15, 0.2) is 0 Å². The number of benzene rings is 2. The van der Waals surface area contributed by atoms with Crippen LogP contribution in [0.3, 0.4) is 0 Å². The van der Waals surface area contributed by atoms with Crippen molar-refractivity contribution in [2.75, 3.05) is 18.5 Å². The minimum atomic E-state index is 0.330. The van der Waals surface area contributed by atoms with Gasteiger partial charge in [0.2, 0.25) is 0 Å². The molecule has 1 heterocycles. The lowest BCUT2D eigenvalue weighted by Gasteiger charge is -2.17. The van der Waals surface area contributed by atoms with Crippen LogP contribution in [-0.4, -0.2) is 13.6 Å². The van der Waals surface area contributed by atoms with E-state index in [0.717, 1.165) is 13.1 Å². The van der Waals surface area contributed by atoms with E-state index in [-0.39, 0.29) is 0 Å². The molecular formula is C18H21BrN2. The molecule has 3 rings (SSSR count). The van der Waals surface area contributed by atoms with E-state index in [4.69, 9.17) is 0 Å². The van der Waals surface area contributed by atoms with Gasteiger partial charge in [-0.3, -0.25) is 0 Å². The second-order valence-electron chi connectivity index (χ2n) is 5.76. The monoisotopic (exact) mass is 344 g/mol. The zero-order chi connectivity index (χ0) is 14.8. The second-order valence-corrected chi connectivity index (χ2v) is 6.61. The molecule has 0 fully saturated rings. The van der Waals surface area contributed by atoms with Gasteiger partial charge in [0.05, 0.1) is 0 Å². The minimum absolute atomic E-state index is 0.330. The molecule has 0 aliphatic carbocycles. The van der Waals surface area contributed by atoms with Gasteiger partial charge in [0, 0.05) is 36.3 Å². The average molecular weight is 345 g/mol. The summed E-state index contributed by atoms with van der Waals surface area (Å²) >= 11 is 3.62. The molecule has 2 nitrogen and oxygen atoms in total. The van der Waals surface area contributed by atoms with Gasteiger partial charge in [0.1, 0.15) is 0 Å². The van der Waals surface area contributed by atoms with E-state index in [1.54, 1.807) is 0 Å². The summed E-state index contributed by atoms with van der Waals surface area (Å²) in [6, 6.07) is 15.6. The third-order valence-electron chi connectivity index (χ3n) is 4.26. The summed E-state index contributed by atoms with van der Waals surface area (Å²) in [5.74, 6) is 0. The number of fused-ring (bicyclic) bond motifs is 1. The van der Waals surface area contributed by atoms with Gasteiger partial charge in [-0.1, -0.05) is 46.3 Å². The van der Waals surface area contributed by atoms with E-state index in [9.17, 15) is 0 Å². The summed E-state index contributed by atoms with van der Waals surface area (Å²) in [6.07, 6.45) is 1.17. The molecule has 1 aliphatic heterocycles. The Labute approximate surface area is 135 Å². The molecule has 0 spiro atoms. The van der Waals surface area contributed by atoms with Gasteiger partial charge < -0.3 is 10.2 Å². The first-order chi connectivity index (χ1) is 10.1. The lowest BCUT2D eigenvalue weighted by atomic mass is 10.1. The molecule has 3 heteroatoms. The molecule has 0 unspecified atom stereocenters. The topological polar surface area (TPSA) is 15.3 Å². The first kappa shape index (κ1) is 14.6. The van der Waals surface area contributed by atoms with Crippen molar-refractivity contribution in [3.05, 3.63) is 63.6 Å². The molecule has 21 heavy (non-hydrogen) atoms. The number of likely N-dealkylation sites (N-methyl/N-ethyl adjacent to an activating group) is 1. The Kier molecular flexibility index (Phi) is 4.32. The van der Waals surface area contributed by atoms with Gasteiger partial charge in [-0.2, -0.15) is 0 Å². The summed E-state index contributed by atoms with van der Waals surface area (Å²) in [4.78, 5) is 2.33. The second kappa shape index (κ2) is 6.20. The van der Waals surface area contributed by atoms with Crippen LogP contribution in [0.2, 0.25) is 0 Å². The van der Waals surface area contributed by atoms with Crippen LogP contribution in [-0.2, 0) is 13.0 Å². The maximum Gasteiger partial charge on any atom is 0.0397 e. The van der Waals surface area contributed by atoms with E-state index < -0.39 is 0 Å². The van der Waals surface area contributed by atoms with Crippen molar-refractivity contribution < 1.29 is 0 Å². The smallest absolute Gasteiger partial charge is 0.0397 e. The fraction of sp³-hybridized carbons (Fsp3) is 0.333. The Morgan fingerprint density at radius 2 is 2.05 bits per heavy atom. The zero-order valence-electron chi connectivity index (χ0n) is 12.6. The fourth-order valence-electron chi connectivity index (χ4n) is 2.94. The van der Waals surface area contributed by atoms with Gasteiger partial charge >= 0.3 is 0 Å². The van der Waals surface area contributed by atoms with E-state index in [1.807, 2.05) is 0 Å². The van der Waals surface area contributed by atoms with Gasteiger partial charge in [-0.05, 0) is 42.2 Å². The number of hydrogen-bond donors (Lipinski definition) is 1. The summed E-state index contributed by atoms with van der Waals surface area (Å²) < 4.78 is 1.17. The van der Waals surface area contributed by atoms with Crippen molar-refractivity contribution in [3.8, 4) is 0 Å². The highest BCUT2D eigenvalue weighted by Gasteiger charge is 2.15. The van der Waals surface area contributed by atoms with Crippen LogP contribution in [0.15, 0.2) is 46.9 Å². The summed E-state index contributed by atoms with van der Waals surface area (Å²) in [5, 5.41) is 3.61. The molecule has 110 valence electrons. The van der Waals surface area contributed by atoms with Crippen LogP contribution in [0.1, 0.15) is 29.7 Å². The molecule has 1 N–H and O–H groups in total. The lowest BCUT2D eigenvalue weighted by molar-refractivity contribution is 0.572. The largest absolute Gasteiger partial charge is 0.374 e. The Morgan fingerprint density at radius 3 is 2.86 bits per heavy atom. The predicted octanol–water partition coefficient (Wildman–Crippen LogP) is 4.29. The fourth-order valence-corrected chi connectivity index (χ4v) is 3.57. The van der Waals surface area contributed by atoms with E-state index in [1.165, 1.54) is 33.3 Å². The van der Waals surface area contributed by atoms with Gasteiger partial charge in [-0.15, -0.1) is 0 Å². The normalized spacial score (nSPS) is 15.1. The third kappa shape index (κ3) is 3.14. The number of rotatable bonds is 4. The predicted molar refractivity (Wildman–Crippen MR) is 92.8 cm³/mol. The SMILES string of the molecule is C[C@H](NCc1ccc2c(c1)CCN2C)c1ccccc1Br. The maximum absolute atomic E-state index is 3.62. The summed E-state index contributed by atoms with van der Waals surface area (Å²) in [5.41, 5.74) is 5.53. The number of anilines is 1. The first-order valence-corrected chi connectivity index (χ1v) is 8.25. The molecule has 0 saturated heterocycles. The highest BCUT2D eigenvalue weighted by atomic mass is 79.9. The summed E-state index contributed by atoms with van der Waals surface area (Å²) in [7, 11) is 2.17. The van der Waals surface area contributed by atoms with E-state index in [2.05, 4.69) is 82.6 Å². The number of nitrogens with one attached hydrogen (secondary N) is 1. The quantitative estimate of drug-likeness (QED) is 0.889. The van der Waals surface area contributed by atoms with Crippen LogP contribution in [0, 0.1) is 0 Å². The molecule has 0 aromatic heterocycles.